The van der Waals surface area contributed by atoms with E-state index < -0.39 is 0 Å². The standard InChI is InChI=1S/C13H18ClNO/c1-13(2)9-16-11(8-15-13)7-10-5-3-4-6-12(10)14/h3-6,11,15H,7-9H2,1-2H3. The van der Waals surface area contributed by atoms with E-state index in [0.29, 0.717) is 0 Å². The molecule has 2 rings (SSSR count). The minimum atomic E-state index is 0.0942. The van der Waals surface area contributed by atoms with Gasteiger partial charge in [0.05, 0.1) is 12.7 Å². The summed E-state index contributed by atoms with van der Waals surface area (Å²) in [4.78, 5) is 0. The van der Waals surface area contributed by atoms with E-state index in [2.05, 4.69) is 25.2 Å². The van der Waals surface area contributed by atoms with Crippen molar-refractivity contribution in [3.8, 4) is 0 Å². The van der Waals surface area contributed by atoms with Crippen LogP contribution in [0.4, 0.5) is 0 Å². The quantitative estimate of drug-likeness (QED) is 0.857. The Labute approximate surface area is 102 Å². The maximum absolute atomic E-state index is 6.12. The van der Waals surface area contributed by atoms with Gasteiger partial charge in [-0.15, -0.1) is 0 Å². The van der Waals surface area contributed by atoms with E-state index >= 15 is 0 Å². The van der Waals surface area contributed by atoms with Crippen LogP contribution in [-0.2, 0) is 11.2 Å². The average molecular weight is 240 g/mol. The molecule has 1 saturated heterocycles. The minimum absolute atomic E-state index is 0.0942. The Morgan fingerprint density at radius 2 is 2.19 bits per heavy atom. The Hall–Kier alpha value is -0.570. The molecule has 0 spiro atoms. The van der Waals surface area contributed by atoms with Crippen LogP contribution < -0.4 is 5.32 Å². The van der Waals surface area contributed by atoms with Gasteiger partial charge in [0, 0.05) is 23.5 Å². The number of ether oxygens (including phenoxy) is 1. The highest BCUT2D eigenvalue weighted by molar-refractivity contribution is 6.31. The lowest BCUT2D eigenvalue weighted by Crippen LogP contribution is -2.53. The monoisotopic (exact) mass is 239 g/mol. The molecule has 1 aromatic rings. The van der Waals surface area contributed by atoms with Crippen molar-refractivity contribution in [2.45, 2.75) is 31.9 Å². The molecule has 1 aromatic carbocycles. The van der Waals surface area contributed by atoms with Gasteiger partial charge in [-0.3, -0.25) is 0 Å². The number of morpholine rings is 1. The lowest BCUT2D eigenvalue weighted by atomic mass is 10.0. The molecule has 1 aliphatic rings. The van der Waals surface area contributed by atoms with Gasteiger partial charge in [0.15, 0.2) is 0 Å². The number of benzene rings is 1. The van der Waals surface area contributed by atoms with E-state index in [0.717, 1.165) is 30.2 Å². The number of rotatable bonds is 2. The van der Waals surface area contributed by atoms with E-state index in [-0.39, 0.29) is 11.6 Å². The summed E-state index contributed by atoms with van der Waals surface area (Å²) in [7, 11) is 0. The molecule has 0 aliphatic carbocycles. The molecule has 0 aromatic heterocycles. The summed E-state index contributed by atoms with van der Waals surface area (Å²) in [5.74, 6) is 0. The van der Waals surface area contributed by atoms with Crippen molar-refractivity contribution in [1.29, 1.82) is 0 Å². The van der Waals surface area contributed by atoms with Crippen molar-refractivity contribution < 1.29 is 4.74 Å². The van der Waals surface area contributed by atoms with Crippen LogP contribution in [0.3, 0.4) is 0 Å². The molecule has 1 fully saturated rings. The van der Waals surface area contributed by atoms with Gasteiger partial charge in [0.25, 0.3) is 0 Å². The average Bonchev–Trinajstić information content (AvgIpc) is 2.24. The molecule has 88 valence electrons. The van der Waals surface area contributed by atoms with Gasteiger partial charge in [-0.25, -0.2) is 0 Å². The van der Waals surface area contributed by atoms with Crippen molar-refractivity contribution in [3.63, 3.8) is 0 Å². The summed E-state index contributed by atoms with van der Waals surface area (Å²) in [5.41, 5.74) is 1.26. The van der Waals surface area contributed by atoms with Crippen molar-refractivity contribution in [1.82, 2.24) is 5.32 Å². The molecule has 1 atom stereocenters. The molecule has 1 N–H and O–H groups in total. The predicted octanol–water partition coefficient (Wildman–Crippen LogP) is 2.65. The van der Waals surface area contributed by atoms with Crippen LogP contribution in [0.2, 0.25) is 5.02 Å². The zero-order valence-electron chi connectivity index (χ0n) is 9.79. The van der Waals surface area contributed by atoms with Crippen LogP contribution in [0, 0.1) is 0 Å². The van der Waals surface area contributed by atoms with Crippen molar-refractivity contribution in [3.05, 3.63) is 34.9 Å². The lowest BCUT2D eigenvalue weighted by Gasteiger charge is -2.36. The van der Waals surface area contributed by atoms with Crippen molar-refractivity contribution in [2.24, 2.45) is 0 Å². The Balaban J connectivity index is 1.95. The summed E-state index contributed by atoms with van der Waals surface area (Å²) in [6.07, 6.45) is 1.11. The van der Waals surface area contributed by atoms with Crippen molar-refractivity contribution in [2.75, 3.05) is 13.2 Å². The number of halogens is 1. The molecule has 2 nitrogen and oxygen atoms in total. The Kier molecular flexibility index (Phi) is 3.53. The van der Waals surface area contributed by atoms with Gasteiger partial charge < -0.3 is 10.1 Å². The minimum Gasteiger partial charge on any atom is -0.375 e. The maximum Gasteiger partial charge on any atom is 0.0741 e. The van der Waals surface area contributed by atoms with Gasteiger partial charge in [0.2, 0.25) is 0 Å². The van der Waals surface area contributed by atoms with Crippen LogP contribution >= 0.6 is 11.6 Å². The van der Waals surface area contributed by atoms with Gasteiger partial charge in [-0.1, -0.05) is 29.8 Å². The summed E-state index contributed by atoms with van der Waals surface area (Å²) >= 11 is 6.12. The molecule has 0 radical (unpaired) electrons. The highest BCUT2D eigenvalue weighted by Crippen LogP contribution is 2.20. The summed E-state index contributed by atoms with van der Waals surface area (Å²) < 4.78 is 5.83. The lowest BCUT2D eigenvalue weighted by molar-refractivity contribution is -0.0206. The first-order valence-corrected chi connectivity index (χ1v) is 6.05. The normalized spacial score (nSPS) is 24.3. The van der Waals surface area contributed by atoms with Crippen LogP contribution in [-0.4, -0.2) is 24.8 Å². The zero-order valence-corrected chi connectivity index (χ0v) is 10.6. The van der Waals surface area contributed by atoms with Crippen LogP contribution in [0.15, 0.2) is 24.3 Å². The first-order chi connectivity index (χ1) is 7.57. The molecule has 0 saturated carbocycles. The Morgan fingerprint density at radius 3 is 2.81 bits per heavy atom. The van der Waals surface area contributed by atoms with Gasteiger partial charge in [-0.05, 0) is 25.5 Å². The summed E-state index contributed by atoms with van der Waals surface area (Å²) in [6.45, 7) is 5.94. The van der Waals surface area contributed by atoms with Gasteiger partial charge in [-0.2, -0.15) is 0 Å². The molecular formula is C13H18ClNO. The fraction of sp³-hybridized carbons (Fsp3) is 0.538. The second kappa shape index (κ2) is 4.74. The first-order valence-electron chi connectivity index (χ1n) is 5.67. The molecule has 1 heterocycles. The van der Waals surface area contributed by atoms with Gasteiger partial charge in [0.1, 0.15) is 0 Å². The fourth-order valence-corrected chi connectivity index (χ4v) is 2.08. The van der Waals surface area contributed by atoms with Crippen LogP contribution in [0.25, 0.3) is 0 Å². The number of nitrogens with one attached hydrogen (secondary N) is 1. The van der Waals surface area contributed by atoms with E-state index in [1.54, 1.807) is 0 Å². The third-order valence-electron chi connectivity index (χ3n) is 2.89. The maximum atomic E-state index is 6.12. The number of hydrogen-bond acceptors (Lipinski definition) is 2. The van der Waals surface area contributed by atoms with E-state index in [9.17, 15) is 0 Å². The largest absolute Gasteiger partial charge is 0.375 e. The smallest absolute Gasteiger partial charge is 0.0741 e. The molecule has 0 bridgehead atoms. The fourth-order valence-electron chi connectivity index (χ4n) is 1.87. The summed E-state index contributed by atoms with van der Waals surface area (Å²) in [5, 5.41) is 4.31. The SMILES string of the molecule is CC1(C)COC(Cc2ccccc2Cl)CN1. The van der Waals surface area contributed by atoms with E-state index in [4.69, 9.17) is 16.3 Å². The third-order valence-corrected chi connectivity index (χ3v) is 3.26. The molecule has 16 heavy (non-hydrogen) atoms. The zero-order chi connectivity index (χ0) is 11.6. The van der Waals surface area contributed by atoms with Gasteiger partial charge >= 0.3 is 0 Å². The summed E-state index contributed by atoms with van der Waals surface area (Å²) in [6, 6.07) is 7.96. The Morgan fingerprint density at radius 1 is 1.44 bits per heavy atom. The molecule has 0 amide bonds. The first kappa shape index (κ1) is 11.9. The molecular weight excluding hydrogens is 222 g/mol. The Bertz CT molecular complexity index is 355. The second-order valence-corrected chi connectivity index (χ2v) is 5.40. The van der Waals surface area contributed by atoms with E-state index in [1.807, 2.05) is 18.2 Å². The molecule has 3 heteroatoms. The topological polar surface area (TPSA) is 21.3 Å². The molecule has 1 aliphatic heterocycles. The number of hydrogen-bond donors (Lipinski definition) is 1. The van der Waals surface area contributed by atoms with Crippen LogP contribution in [0.5, 0.6) is 0 Å². The van der Waals surface area contributed by atoms with E-state index in [1.165, 1.54) is 0 Å². The highest BCUT2D eigenvalue weighted by atomic mass is 35.5. The predicted molar refractivity (Wildman–Crippen MR) is 67.0 cm³/mol. The second-order valence-electron chi connectivity index (χ2n) is 4.99. The molecule has 1 unspecified atom stereocenters. The van der Waals surface area contributed by atoms with Crippen LogP contribution in [0.1, 0.15) is 19.4 Å². The highest BCUT2D eigenvalue weighted by Gasteiger charge is 2.26. The van der Waals surface area contributed by atoms with Crippen molar-refractivity contribution >= 4 is 11.6 Å². The third kappa shape index (κ3) is 2.97.